The molecular weight excluding hydrogens is 539 g/mol. The van der Waals surface area contributed by atoms with E-state index in [1.165, 1.54) is 12.2 Å². The molecule has 3 rings (SSSR count). The first kappa shape index (κ1) is 29.9. The second kappa shape index (κ2) is 14.5. The predicted octanol–water partition coefficient (Wildman–Crippen LogP) is 3.62. The van der Waals surface area contributed by atoms with E-state index in [-0.39, 0.29) is 29.7 Å². The van der Waals surface area contributed by atoms with Gasteiger partial charge in [-0.1, -0.05) is 29.3 Å². The summed E-state index contributed by atoms with van der Waals surface area (Å²) in [6, 6.07) is 6.26. The number of halogens is 2. The van der Waals surface area contributed by atoms with Crippen molar-refractivity contribution in [1.82, 2.24) is 20.2 Å². The first-order chi connectivity index (χ1) is 17.3. The Labute approximate surface area is 235 Å². The molecule has 2 amide bonds. The third-order valence-corrected chi connectivity index (χ3v) is 8.58. The fraction of sp³-hybridized carbons (Fsp3) is 0.680. The lowest BCUT2D eigenvalue weighted by Gasteiger charge is -2.45. The standard InChI is InChI=1S/C25H38Cl2N4O3S2/c1-29(34-2)25(33)24-19(17-4-6-20(26)21(27)14-17)15-18-5-7-22(24)31(18)10-3-9-30(11-13-36)16-23(32)28-8-12-35/h4,6,14,18-19,22,24,35-36H,3,5,7-13,15-16H2,1-2H3,(H,28,32). The number of nitrogens with one attached hydrogen (secondary N) is 1. The van der Waals surface area contributed by atoms with E-state index in [1.54, 1.807) is 7.05 Å². The first-order valence-corrected chi connectivity index (χ1v) is 14.6. The number of carbonyl (C=O) groups excluding carboxylic acids is 2. The maximum Gasteiger partial charge on any atom is 0.251 e. The summed E-state index contributed by atoms with van der Waals surface area (Å²) in [6.07, 6.45) is 3.84. The van der Waals surface area contributed by atoms with Crippen molar-refractivity contribution >= 4 is 60.3 Å². The summed E-state index contributed by atoms with van der Waals surface area (Å²) in [5, 5.41) is 5.26. The van der Waals surface area contributed by atoms with Gasteiger partial charge in [-0.3, -0.25) is 24.2 Å². The molecule has 2 saturated heterocycles. The van der Waals surface area contributed by atoms with Crippen LogP contribution in [0.5, 0.6) is 0 Å². The topological polar surface area (TPSA) is 65.1 Å². The van der Waals surface area contributed by atoms with Gasteiger partial charge in [-0.25, -0.2) is 5.06 Å². The van der Waals surface area contributed by atoms with Crippen molar-refractivity contribution in [3.05, 3.63) is 33.8 Å². The Morgan fingerprint density at radius 3 is 2.61 bits per heavy atom. The minimum Gasteiger partial charge on any atom is -0.354 e. The van der Waals surface area contributed by atoms with Gasteiger partial charge in [0.1, 0.15) is 0 Å². The lowest BCUT2D eigenvalue weighted by atomic mass is 9.75. The molecule has 2 heterocycles. The highest BCUT2D eigenvalue weighted by Crippen LogP contribution is 2.48. The molecule has 4 unspecified atom stereocenters. The highest BCUT2D eigenvalue weighted by atomic mass is 35.5. The van der Waals surface area contributed by atoms with Crippen LogP contribution in [0.4, 0.5) is 0 Å². The molecular formula is C25H38Cl2N4O3S2. The Hall–Kier alpha value is -0.680. The molecule has 2 bridgehead atoms. The molecule has 2 aliphatic rings. The minimum atomic E-state index is -0.230. The fourth-order valence-corrected chi connectivity index (χ4v) is 6.43. The van der Waals surface area contributed by atoms with E-state index in [4.69, 9.17) is 28.0 Å². The van der Waals surface area contributed by atoms with Gasteiger partial charge >= 0.3 is 0 Å². The molecule has 0 radical (unpaired) electrons. The predicted molar refractivity (Wildman–Crippen MR) is 152 cm³/mol. The van der Waals surface area contributed by atoms with E-state index in [0.29, 0.717) is 40.7 Å². The van der Waals surface area contributed by atoms with Crippen LogP contribution < -0.4 is 5.32 Å². The molecule has 36 heavy (non-hydrogen) atoms. The second-order valence-electron chi connectivity index (χ2n) is 9.52. The molecule has 1 aromatic carbocycles. The Morgan fingerprint density at radius 1 is 1.17 bits per heavy atom. The van der Waals surface area contributed by atoms with E-state index >= 15 is 0 Å². The van der Waals surface area contributed by atoms with E-state index in [9.17, 15) is 9.59 Å². The van der Waals surface area contributed by atoms with Gasteiger partial charge < -0.3 is 5.32 Å². The van der Waals surface area contributed by atoms with Crippen LogP contribution in [0, 0.1) is 5.92 Å². The number of piperidine rings is 1. The minimum absolute atomic E-state index is 0.0125. The van der Waals surface area contributed by atoms with Crippen LogP contribution in [0.2, 0.25) is 10.0 Å². The number of thiol groups is 2. The maximum absolute atomic E-state index is 13.5. The molecule has 11 heteroatoms. The van der Waals surface area contributed by atoms with Crippen molar-refractivity contribution in [2.75, 3.05) is 58.4 Å². The van der Waals surface area contributed by atoms with Crippen LogP contribution in [0.25, 0.3) is 0 Å². The lowest BCUT2D eigenvalue weighted by Crippen LogP contribution is -2.53. The number of hydrogen-bond acceptors (Lipinski definition) is 7. The molecule has 0 aromatic heterocycles. The van der Waals surface area contributed by atoms with Crippen LogP contribution >= 0.6 is 48.5 Å². The fourth-order valence-electron chi connectivity index (χ4n) is 5.73. The summed E-state index contributed by atoms with van der Waals surface area (Å²) >= 11 is 21.0. The largest absolute Gasteiger partial charge is 0.354 e. The molecule has 1 aromatic rings. The molecule has 2 aliphatic heterocycles. The summed E-state index contributed by atoms with van der Waals surface area (Å²) in [5.74, 6) is 1.14. The van der Waals surface area contributed by atoms with Crippen LogP contribution in [0.3, 0.4) is 0 Å². The number of hydroxylamine groups is 2. The van der Waals surface area contributed by atoms with Crippen LogP contribution in [0.15, 0.2) is 18.2 Å². The highest BCUT2D eigenvalue weighted by molar-refractivity contribution is 7.80. The summed E-state index contributed by atoms with van der Waals surface area (Å²) in [7, 11) is 3.19. The molecule has 0 saturated carbocycles. The summed E-state index contributed by atoms with van der Waals surface area (Å²) < 4.78 is 0. The van der Waals surface area contributed by atoms with E-state index in [1.807, 2.05) is 18.2 Å². The third-order valence-electron chi connectivity index (χ3n) is 7.41. The number of carbonyl (C=O) groups is 2. The molecule has 202 valence electrons. The zero-order valence-electron chi connectivity index (χ0n) is 21.0. The summed E-state index contributed by atoms with van der Waals surface area (Å²) in [5.41, 5.74) is 1.05. The van der Waals surface area contributed by atoms with Crippen molar-refractivity contribution in [2.45, 2.75) is 43.7 Å². The van der Waals surface area contributed by atoms with Crippen molar-refractivity contribution in [1.29, 1.82) is 0 Å². The van der Waals surface area contributed by atoms with Crippen molar-refractivity contribution in [2.24, 2.45) is 5.92 Å². The molecule has 4 atom stereocenters. The molecule has 0 aliphatic carbocycles. The average Bonchev–Trinajstić information content (AvgIpc) is 3.14. The number of nitrogens with zero attached hydrogens (tertiary/aromatic N) is 3. The average molecular weight is 578 g/mol. The number of benzene rings is 1. The second-order valence-corrected chi connectivity index (χ2v) is 11.2. The zero-order chi connectivity index (χ0) is 26.2. The molecule has 2 fully saturated rings. The number of rotatable bonds is 13. The number of fused-ring (bicyclic) bond motifs is 2. The molecule has 7 nitrogen and oxygen atoms in total. The zero-order valence-corrected chi connectivity index (χ0v) is 24.3. The van der Waals surface area contributed by atoms with Gasteiger partial charge in [0.05, 0.1) is 29.6 Å². The van der Waals surface area contributed by atoms with E-state index < -0.39 is 0 Å². The Balaban J connectivity index is 1.71. The van der Waals surface area contributed by atoms with Crippen LogP contribution in [-0.4, -0.2) is 97.1 Å². The monoisotopic (exact) mass is 576 g/mol. The van der Waals surface area contributed by atoms with Crippen molar-refractivity contribution in [3.8, 4) is 0 Å². The number of hydrogen-bond donors (Lipinski definition) is 3. The Bertz CT molecular complexity index is 897. The van der Waals surface area contributed by atoms with Gasteiger partial charge in [0, 0.05) is 43.7 Å². The lowest BCUT2D eigenvalue weighted by molar-refractivity contribution is -0.178. The SMILES string of the molecule is CON(C)C(=O)C1C(c2ccc(Cl)c(Cl)c2)CC2CCC1N2CCCN(CCS)CC(=O)NCCS. The van der Waals surface area contributed by atoms with Gasteiger partial charge in [-0.15, -0.1) is 0 Å². The smallest absolute Gasteiger partial charge is 0.251 e. The van der Waals surface area contributed by atoms with Crippen molar-refractivity contribution in [3.63, 3.8) is 0 Å². The quantitative estimate of drug-likeness (QED) is 0.247. The van der Waals surface area contributed by atoms with Gasteiger partial charge in [-0.2, -0.15) is 25.3 Å². The van der Waals surface area contributed by atoms with Crippen molar-refractivity contribution < 1.29 is 14.4 Å². The third kappa shape index (κ3) is 7.46. The highest BCUT2D eigenvalue weighted by Gasteiger charge is 2.51. The first-order valence-electron chi connectivity index (χ1n) is 12.5. The van der Waals surface area contributed by atoms with Gasteiger partial charge in [0.15, 0.2) is 0 Å². The van der Waals surface area contributed by atoms with Crippen LogP contribution in [0.1, 0.15) is 37.2 Å². The molecule has 1 N–H and O–H groups in total. The normalized spacial score (nSPS) is 23.8. The van der Waals surface area contributed by atoms with E-state index in [2.05, 4.69) is 40.4 Å². The van der Waals surface area contributed by atoms with E-state index in [0.717, 1.165) is 50.9 Å². The Morgan fingerprint density at radius 2 is 1.94 bits per heavy atom. The summed E-state index contributed by atoms with van der Waals surface area (Å²) in [6.45, 7) is 3.37. The maximum atomic E-state index is 13.5. The van der Waals surface area contributed by atoms with Gasteiger partial charge in [0.2, 0.25) is 5.91 Å². The summed E-state index contributed by atoms with van der Waals surface area (Å²) in [4.78, 5) is 35.7. The Kier molecular flexibility index (Phi) is 12.0. The van der Waals surface area contributed by atoms with Gasteiger partial charge in [0.25, 0.3) is 5.91 Å². The van der Waals surface area contributed by atoms with Crippen LogP contribution in [-0.2, 0) is 14.4 Å². The van der Waals surface area contributed by atoms with Gasteiger partial charge in [-0.05, 0) is 62.4 Å². The number of amides is 2. The molecule has 0 spiro atoms.